The first-order chi connectivity index (χ1) is 12.5. The van der Waals surface area contributed by atoms with E-state index >= 15 is 0 Å². The molecular formula is C20H34N4O3. The van der Waals surface area contributed by atoms with E-state index in [1.165, 1.54) is 0 Å². The Balaban J connectivity index is 2.65. The number of ether oxygens (including phenoxy) is 2. The molecule has 0 spiro atoms. The molecule has 1 aromatic carbocycles. The molecule has 152 valence electrons. The van der Waals surface area contributed by atoms with Crippen molar-refractivity contribution < 1.29 is 14.3 Å². The van der Waals surface area contributed by atoms with Crippen molar-refractivity contribution in [2.45, 2.75) is 59.2 Å². The number of nitrogens with zero attached hydrogens (tertiary/aromatic N) is 1. The molecule has 0 saturated heterocycles. The molecule has 0 aliphatic heterocycles. The number of methoxy groups -OCH3 is 1. The molecule has 7 nitrogen and oxygen atoms in total. The molecule has 1 amide bonds. The van der Waals surface area contributed by atoms with E-state index in [9.17, 15) is 4.79 Å². The average Bonchev–Trinajstić information content (AvgIpc) is 2.55. The van der Waals surface area contributed by atoms with Crippen LogP contribution in [0.4, 0.5) is 4.79 Å². The van der Waals surface area contributed by atoms with E-state index in [4.69, 9.17) is 9.47 Å². The van der Waals surface area contributed by atoms with Gasteiger partial charge in [-0.3, -0.25) is 0 Å². The fourth-order valence-electron chi connectivity index (χ4n) is 2.21. The Morgan fingerprint density at radius 3 is 2.44 bits per heavy atom. The summed E-state index contributed by atoms with van der Waals surface area (Å²) in [5.41, 5.74) is 0.0209. The van der Waals surface area contributed by atoms with E-state index in [0.29, 0.717) is 19.0 Å². The largest absolute Gasteiger partial charge is 0.497 e. The zero-order valence-corrected chi connectivity index (χ0v) is 17.6. The van der Waals surface area contributed by atoms with Gasteiger partial charge in [0.2, 0.25) is 0 Å². The van der Waals surface area contributed by atoms with E-state index in [1.54, 1.807) is 7.11 Å². The molecule has 0 aliphatic carbocycles. The van der Waals surface area contributed by atoms with Crippen molar-refractivity contribution in [3.63, 3.8) is 0 Å². The number of carbonyl (C=O) groups is 1. The summed E-state index contributed by atoms with van der Waals surface area (Å²) >= 11 is 0. The van der Waals surface area contributed by atoms with Gasteiger partial charge in [-0.25, -0.2) is 9.79 Å². The molecule has 1 rings (SSSR count). The quantitative estimate of drug-likeness (QED) is 0.502. The topological polar surface area (TPSA) is 84.0 Å². The summed E-state index contributed by atoms with van der Waals surface area (Å²) in [5, 5.41) is 9.35. The van der Waals surface area contributed by atoms with Gasteiger partial charge in [-0.1, -0.05) is 12.1 Å². The van der Waals surface area contributed by atoms with Crippen molar-refractivity contribution in [1.29, 1.82) is 0 Å². The van der Waals surface area contributed by atoms with Crippen molar-refractivity contribution >= 4 is 12.1 Å². The first kappa shape index (κ1) is 22.6. The first-order valence-corrected chi connectivity index (χ1v) is 9.21. The third-order valence-electron chi connectivity index (χ3n) is 3.44. The Morgan fingerprint density at radius 1 is 1.15 bits per heavy atom. The fourth-order valence-corrected chi connectivity index (χ4v) is 2.21. The number of aliphatic imine (C=N–C) groups is 1. The van der Waals surface area contributed by atoms with E-state index in [0.717, 1.165) is 17.9 Å². The summed E-state index contributed by atoms with van der Waals surface area (Å²) in [6, 6.07) is 7.81. The smallest absolute Gasteiger partial charge is 0.408 e. The Hall–Kier alpha value is -2.44. The van der Waals surface area contributed by atoms with Crippen LogP contribution in [0.3, 0.4) is 0 Å². The lowest BCUT2D eigenvalue weighted by Gasteiger charge is -2.29. The first-order valence-electron chi connectivity index (χ1n) is 9.21. The summed E-state index contributed by atoms with van der Waals surface area (Å²) in [4.78, 5) is 16.6. The standard InChI is InChI=1S/C20H34N4O3/c1-8-21-17(22-13-15-10-9-11-16(12-15)26-7)23-14-20(5,6)24-18(25)27-19(2,3)4/h9-12H,8,13-14H2,1-7H3,(H,24,25)(H2,21,22,23). The van der Waals surface area contributed by atoms with Crippen LogP contribution in [0.25, 0.3) is 0 Å². The second-order valence-electron chi connectivity index (χ2n) is 7.91. The van der Waals surface area contributed by atoms with Gasteiger partial charge in [-0.2, -0.15) is 0 Å². The highest BCUT2D eigenvalue weighted by molar-refractivity contribution is 5.80. The van der Waals surface area contributed by atoms with Gasteiger partial charge < -0.3 is 25.4 Å². The maximum absolute atomic E-state index is 12.0. The minimum absolute atomic E-state index is 0.437. The SMILES string of the molecule is CCNC(=NCc1cccc(OC)c1)NCC(C)(C)NC(=O)OC(C)(C)C. The molecule has 0 fully saturated rings. The maximum Gasteiger partial charge on any atom is 0.408 e. The molecule has 3 N–H and O–H groups in total. The van der Waals surface area contributed by atoms with Gasteiger partial charge in [0.25, 0.3) is 0 Å². The van der Waals surface area contributed by atoms with E-state index < -0.39 is 17.2 Å². The van der Waals surface area contributed by atoms with Gasteiger partial charge in [0, 0.05) is 13.1 Å². The zero-order chi connectivity index (χ0) is 20.5. The van der Waals surface area contributed by atoms with Crippen LogP contribution in [0, 0.1) is 0 Å². The van der Waals surface area contributed by atoms with E-state index in [-0.39, 0.29) is 0 Å². The Kier molecular flexibility index (Phi) is 8.40. The number of nitrogens with one attached hydrogen (secondary N) is 3. The molecule has 0 saturated carbocycles. The molecule has 0 bridgehead atoms. The molecule has 0 aromatic heterocycles. The van der Waals surface area contributed by atoms with Crippen LogP contribution in [0.15, 0.2) is 29.3 Å². The zero-order valence-electron chi connectivity index (χ0n) is 17.6. The van der Waals surface area contributed by atoms with Crippen molar-refractivity contribution in [3.8, 4) is 5.75 Å². The number of guanidine groups is 1. The van der Waals surface area contributed by atoms with Crippen LogP contribution in [-0.4, -0.2) is 43.4 Å². The van der Waals surface area contributed by atoms with Crippen molar-refractivity contribution in [2.75, 3.05) is 20.2 Å². The number of hydrogen-bond donors (Lipinski definition) is 3. The summed E-state index contributed by atoms with van der Waals surface area (Å²) in [7, 11) is 1.65. The monoisotopic (exact) mass is 378 g/mol. The van der Waals surface area contributed by atoms with E-state index in [2.05, 4.69) is 20.9 Å². The van der Waals surface area contributed by atoms with Crippen LogP contribution >= 0.6 is 0 Å². The number of hydrogen-bond acceptors (Lipinski definition) is 4. The molecule has 0 atom stereocenters. The van der Waals surface area contributed by atoms with Crippen molar-refractivity contribution in [3.05, 3.63) is 29.8 Å². The van der Waals surface area contributed by atoms with Crippen LogP contribution in [0.2, 0.25) is 0 Å². The Bertz CT molecular complexity index is 636. The highest BCUT2D eigenvalue weighted by atomic mass is 16.6. The fraction of sp³-hybridized carbons (Fsp3) is 0.600. The number of benzene rings is 1. The molecule has 0 unspecified atom stereocenters. The van der Waals surface area contributed by atoms with E-state index in [1.807, 2.05) is 65.8 Å². The molecular weight excluding hydrogens is 344 g/mol. The molecule has 27 heavy (non-hydrogen) atoms. The number of alkyl carbamates (subject to hydrolysis) is 1. The lowest BCUT2D eigenvalue weighted by molar-refractivity contribution is 0.0474. The molecule has 0 radical (unpaired) electrons. The lowest BCUT2D eigenvalue weighted by atomic mass is 10.1. The minimum Gasteiger partial charge on any atom is -0.497 e. The maximum atomic E-state index is 12.0. The predicted octanol–water partition coefficient (Wildman–Crippen LogP) is 3.05. The third kappa shape index (κ3) is 9.72. The highest BCUT2D eigenvalue weighted by Crippen LogP contribution is 2.13. The lowest BCUT2D eigenvalue weighted by Crippen LogP contribution is -2.54. The minimum atomic E-state index is -0.527. The van der Waals surface area contributed by atoms with Gasteiger partial charge in [0.05, 0.1) is 19.2 Å². The average molecular weight is 379 g/mol. The van der Waals surface area contributed by atoms with Crippen molar-refractivity contribution in [1.82, 2.24) is 16.0 Å². The van der Waals surface area contributed by atoms with Crippen LogP contribution in [0.5, 0.6) is 5.75 Å². The number of amides is 1. The van der Waals surface area contributed by atoms with Crippen molar-refractivity contribution in [2.24, 2.45) is 4.99 Å². The van der Waals surface area contributed by atoms with Gasteiger partial charge in [0.15, 0.2) is 5.96 Å². The number of rotatable bonds is 7. The summed E-state index contributed by atoms with van der Waals surface area (Å²) < 4.78 is 10.6. The molecule has 1 aromatic rings. The third-order valence-corrected chi connectivity index (χ3v) is 3.44. The molecule has 7 heteroatoms. The Labute approximate surface area is 162 Å². The highest BCUT2D eigenvalue weighted by Gasteiger charge is 2.24. The Morgan fingerprint density at radius 2 is 1.85 bits per heavy atom. The predicted molar refractivity (Wildman–Crippen MR) is 109 cm³/mol. The van der Waals surface area contributed by atoms with Gasteiger partial charge in [0.1, 0.15) is 11.4 Å². The second kappa shape index (κ2) is 10.0. The molecule has 0 heterocycles. The number of carbonyl (C=O) groups excluding carboxylic acids is 1. The van der Waals surface area contributed by atoms with Gasteiger partial charge in [-0.15, -0.1) is 0 Å². The molecule has 0 aliphatic rings. The van der Waals surface area contributed by atoms with Crippen LogP contribution in [0.1, 0.15) is 47.1 Å². The second-order valence-corrected chi connectivity index (χ2v) is 7.91. The van der Waals surface area contributed by atoms with Crippen LogP contribution < -0.4 is 20.7 Å². The van der Waals surface area contributed by atoms with Crippen LogP contribution in [-0.2, 0) is 11.3 Å². The van der Waals surface area contributed by atoms with Gasteiger partial charge in [-0.05, 0) is 59.2 Å². The van der Waals surface area contributed by atoms with Gasteiger partial charge >= 0.3 is 6.09 Å². The summed E-state index contributed by atoms with van der Waals surface area (Å²) in [6.45, 7) is 13.1. The normalized spacial score (nSPS) is 12.3. The summed E-state index contributed by atoms with van der Waals surface area (Å²) in [5.74, 6) is 1.49. The summed E-state index contributed by atoms with van der Waals surface area (Å²) in [6.07, 6.45) is -0.437.